The van der Waals surface area contributed by atoms with Crippen molar-refractivity contribution in [2.24, 2.45) is 0 Å². The van der Waals surface area contributed by atoms with Gasteiger partial charge in [-0.3, -0.25) is 4.79 Å². The molecular formula is C14H17FN2O4. The summed E-state index contributed by atoms with van der Waals surface area (Å²) >= 11 is 0. The van der Waals surface area contributed by atoms with E-state index in [2.05, 4.69) is 0 Å². The molecule has 0 bridgehead atoms. The molecule has 1 aliphatic heterocycles. The second-order valence-corrected chi connectivity index (χ2v) is 4.90. The van der Waals surface area contributed by atoms with Gasteiger partial charge in [0.15, 0.2) is 0 Å². The summed E-state index contributed by atoms with van der Waals surface area (Å²) in [6.07, 6.45) is 0.928. The quantitative estimate of drug-likeness (QED) is 0.812. The Labute approximate surface area is 121 Å². The van der Waals surface area contributed by atoms with Crippen LogP contribution in [0.5, 0.6) is 0 Å². The van der Waals surface area contributed by atoms with Crippen LogP contribution in [0.2, 0.25) is 0 Å². The topological polar surface area (TPSA) is 92.9 Å². The fourth-order valence-corrected chi connectivity index (χ4v) is 2.31. The molecule has 6 nitrogen and oxygen atoms in total. The van der Waals surface area contributed by atoms with Gasteiger partial charge >= 0.3 is 5.97 Å². The summed E-state index contributed by atoms with van der Waals surface area (Å²) in [5.74, 6) is -1.94. The number of para-hydroxylation sites is 1. The van der Waals surface area contributed by atoms with E-state index in [0.717, 1.165) is 0 Å². The number of carboxylic acids is 1. The first-order chi connectivity index (χ1) is 9.99. The van der Waals surface area contributed by atoms with Crippen molar-refractivity contribution in [1.82, 2.24) is 4.90 Å². The predicted octanol–water partition coefficient (Wildman–Crippen LogP) is 1.11. The van der Waals surface area contributed by atoms with Crippen LogP contribution in [-0.2, 0) is 9.53 Å². The average molecular weight is 296 g/mol. The summed E-state index contributed by atoms with van der Waals surface area (Å²) in [4.78, 5) is 24.3. The van der Waals surface area contributed by atoms with Crippen molar-refractivity contribution >= 4 is 17.6 Å². The van der Waals surface area contributed by atoms with Crippen LogP contribution in [0, 0.1) is 5.82 Å². The van der Waals surface area contributed by atoms with E-state index >= 15 is 0 Å². The van der Waals surface area contributed by atoms with E-state index in [4.69, 9.17) is 15.6 Å². The van der Waals surface area contributed by atoms with Gasteiger partial charge < -0.3 is 20.5 Å². The van der Waals surface area contributed by atoms with Crippen LogP contribution >= 0.6 is 0 Å². The van der Waals surface area contributed by atoms with Crippen molar-refractivity contribution in [3.63, 3.8) is 0 Å². The van der Waals surface area contributed by atoms with Crippen LogP contribution in [0.4, 0.5) is 10.1 Å². The number of carbonyl (C=O) groups excluding carboxylic acids is 1. The molecule has 0 atom stereocenters. The average Bonchev–Trinajstić information content (AvgIpc) is 2.48. The van der Waals surface area contributed by atoms with Gasteiger partial charge in [0.1, 0.15) is 12.4 Å². The largest absolute Gasteiger partial charge is 0.480 e. The Morgan fingerprint density at radius 1 is 1.38 bits per heavy atom. The van der Waals surface area contributed by atoms with Crippen LogP contribution in [0.3, 0.4) is 0 Å². The van der Waals surface area contributed by atoms with Gasteiger partial charge in [0.25, 0.3) is 5.91 Å². The molecule has 114 valence electrons. The van der Waals surface area contributed by atoms with Gasteiger partial charge in [0.2, 0.25) is 0 Å². The van der Waals surface area contributed by atoms with Crippen molar-refractivity contribution in [3.8, 4) is 0 Å². The van der Waals surface area contributed by atoms with Crippen LogP contribution in [0.1, 0.15) is 23.2 Å². The van der Waals surface area contributed by atoms with Gasteiger partial charge in [-0.2, -0.15) is 0 Å². The normalized spacial score (nSPS) is 16.0. The number of benzene rings is 1. The molecule has 0 aliphatic carbocycles. The number of amides is 1. The van der Waals surface area contributed by atoms with E-state index in [1.54, 1.807) is 4.90 Å². The van der Waals surface area contributed by atoms with Gasteiger partial charge in [-0.25, -0.2) is 9.18 Å². The van der Waals surface area contributed by atoms with Gasteiger partial charge in [0, 0.05) is 13.1 Å². The molecule has 2 rings (SSSR count). The molecule has 0 unspecified atom stereocenters. The van der Waals surface area contributed by atoms with Crippen LogP contribution in [0.15, 0.2) is 18.2 Å². The Balaban J connectivity index is 1.94. The molecule has 21 heavy (non-hydrogen) atoms. The van der Waals surface area contributed by atoms with E-state index in [1.165, 1.54) is 18.2 Å². The highest BCUT2D eigenvalue weighted by Crippen LogP contribution is 2.21. The molecular weight excluding hydrogens is 279 g/mol. The molecule has 0 spiro atoms. The number of hydrogen-bond donors (Lipinski definition) is 2. The number of carboxylic acid groups (broad SMARTS) is 1. The highest BCUT2D eigenvalue weighted by molar-refractivity contribution is 5.99. The molecule has 0 saturated carbocycles. The van der Waals surface area contributed by atoms with Crippen LogP contribution in [-0.4, -0.2) is 47.7 Å². The summed E-state index contributed by atoms with van der Waals surface area (Å²) in [6, 6.07) is 4.15. The first-order valence-electron chi connectivity index (χ1n) is 6.65. The molecule has 7 heteroatoms. The van der Waals surface area contributed by atoms with Gasteiger partial charge in [0.05, 0.1) is 17.4 Å². The third-order valence-corrected chi connectivity index (χ3v) is 3.46. The maximum Gasteiger partial charge on any atom is 0.329 e. The lowest BCUT2D eigenvalue weighted by Crippen LogP contribution is -2.41. The number of hydrogen-bond acceptors (Lipinski definition) is 4. The fourth-order valence-electron chi connectivity index (χ4n) is 2.31. The lowest BCUT2D eigenvalue weighted by atomic mass is 10.1. The number of aliphatic carboxylic acids is 1. The number of likely N-dealkylation sites (tertiary alicyclic amines) is 1. The van der Waals surface area contributed by atoms with Crippen LogP contribution in [0.25, 0.3) is 0 Å². The Hall–Kier alpha value is -2.15. The second kappa shape index (κ2) is 6.53. The number of ether oxygens (including phenoxy) is 1. The number of anilines is 1. The zero-order valence-electron chi connectivity index (χ0n) is 11.4. The summed E-state index contributed by atoms with van der Waals surface area (Å²) in [7, 11) is 0. The molecule has 1 aromatic carbocycles. The summed E-state index contributed by atoms with van der Waals surface area (Å²) in [6.45, 7) is 0.521. The standard InChI is InChI=1S/C14H17FN2O4/c15-11-3-1-2-10(13(11)16)14(20)17-6-4-9(5-7-17)21-8-12(18)19/h1-3,9H,4-8,16H2,(H,18,19). The number of halogens is 1. The molecule has 1 aliphatic rings. The maximum absolute atomic E-state index is 13.4. The smallest absolute Gasteiger partial charge is 0.329 e. The first-order valence-corrected chi connectivity index (χ1v) is 6.65. The Kier molecular flexibility index (Phi) is 4.74. The van der Waals surface area contributed by atoms with E-state index in [1.807, 2.05) is 0 Å². The molecule has 0 aromatic heterocycles. The Morgan fingerprint density at radius 3 is 2.67 bits per heavy atom. The molecule has 1 fully saturated rings. The maximum atomic E-state index is 13.4. The third-order valence-electron chi connectivity index (χ3n) is 3.46. The second-order valence-electron chi connectivity index (χ2n) is 4.90. The van der Waals surface area contributed by atoms with Crippen LogP contribution < -0.4 is 5.73 Å². The Bertz CT molecular complexity index is 542. The van der Waals surface area contributed by atoms with Crippen molar-refractivity contribution in [3.05, 3.63) is 29.6 Å². The van der Waals surface area contributed by atoms with Gasteiger partial charge in [-0.05, 0) is 25.0 Å². The number of nitrogen functional groups attached to an aromatic ring is 1. The molecule has 0 radical (unpaired) electrons. The minimum atomic E-state index is -1.01. The van der Waals surface area contributed by atoms with Gasteiger partial charge in [-0.1, -0.05) is 6.07 Å². The van der Waals surface area contributed by atoms with E-state index in [9.17, 15) is 14.0 Å². The van der Waals surface area contributed by atoms with E-state index < -0.39 is 11.8 Å². The van der Waals surface area contributed by atoms with Crippen molar-refractivity contribution < 1.29 is 23.8 Å². The van der Waals surface area contributed by atoms with Crippen molar-refractivity contribution in [2.75, 3.05) is 25.4 Å². The monoisotopic (exact) mass is 296 g/mol. The number of nitrogens with two attached hydrogens (primary N) is 1. The number of carbonyl (C=O) groups is 2. The highest BCUT2D eigenvalue weighted by atomic mass is 19.1. The molecule has 3 N–H and O–H groups in total. The lowest BCUT2D eigenvalue weighted by molar-refractivity contribution is -0.145. The minimum absolute atomic E-state index is 0.147. The lowest BCUT2D eigenvalue weighted by Gasteiger charge is -2.32. The third kappa shape index (κ3) is 3.69. The molecule has 1 heterocycles. The van der Waals surface area contributed by atoms with E-state index in [-0.39, 0.29) is 29.9 Å². The number of rotatable bonds is 4. The molecule has 1 aromatic rings. The first kappa shape index (κ1) is 15.2. The molecule has 1 amide bonds. The zero-order chi connectivity index (χ0) is 15.4. The van der Waals surface area contributed by atoms with Gasteiger partial charge in [-0.15, -0.1) is 0 Å². The predicted molar refractivity (Wildman–Crippen MR) is 73.3 cm³/mol. The Morgan fingerprint density at radius 2 is 2.05 bits per heavy atom. The number of nitrogens with zero attached hydrogens (tertiary/aromatic N) is 1. The fraction of sp³-hybridized carbons (Fsp3) is 0.429. The van der Waals surface area contributed by atoms with Crippen molar-refractivity contribution in [2.45, 2.75) is 18.9 Å². The van der Waals surface area contributed by atoms with Crippen molar-refractivity contribution in [1.29, 1.82) is 0 Å². The summed E-state index contributed by atoms with van der Waals surface area (Å²) in [5, 5.41) is 8.55. The molecule has 1 saturated heterocycles. The SMILES string of the molecule is Nc1c(F)cccc1C(=O)N1CCC(OCC(=O)O)CC1. The highest BCUT2D eigenvalue weighted by Gasteiger charge is 2.26. The zero-order valence-corrected chi connectivity index (χ0v) is 11.4. The minimum Gasteiger partial charge on any atom is -0.480 e. The summed E-state index contributed by atoms with van der Waals surface area (Å²) < 4.78 is 18.6. The number of piperidine rings is 1. The summed E-state index contributed by atoms with van der Waals surface area (Å²) in [5.41, 5.74) is 5.59. The van der Waals surface area contributed by atoms with E-state index in [0.29, 0.717) is 25.9 Å².